The number of carbonyl (C=O) groups excluding carboxylic acids is 1. The Morgan fingerprint density at radius 3 is 2.50 bits per heavy atom. The molecule has 1 aromatic heterocycles. The Kier molecular flexibility index (Phi) is 5.10. The first-order chi connectivity index (χ1) is 8.39. The zero-order chi connectivity index (χ0) is 13.8. The van der Waals surface area contributed by atoms with E-state index < -0.39 is 35.2 Å². The Morgan fingerprint density at radius 1 is 1.39 bits per heavy atom. The molecule has 1 heterocycles. The Morgan fingerprint density at radius 2 is 2.00 bits per heavy atom. The van der Waals surface area contributed by atoms with Crippen molar-refractivity contribution in [3.05, 3.63) is 0 Å². The SMILES string of the molecule is CC(=O)Nc1nnc(S(=O)(=O)NC(CO)CO)s1. The fraction of sp³-hybridized carbons (Fsp3) is 0.571. The van der Waals surface area contributed by atoms with Gasteiger partial charge < -0.3 is 15.5 Å². The van der Waals surface area contributed by atoms with E-state index in [1.165, 1.54) is 6.92 Å². The number of rotatable bonds is 6. The number of nitrogens with one attached hydrogen (secondary N) is 2. The molecule has 0 spiro atoms. The number of aliphatic hydroxyl groups excluding tert-OH is 2. The van der Waals surface area contributed by atoms with Gasteiger partial charge in [-0.05, 0) is 0 Å². The zero-order valence-electron chi connectivity index (χ0n) is 9.32. The number of nitrogens with zero attached hydrogens (tertiary/aromatic N) is 2. The molecular formula is C7H12N4O5S2. The molecule has 11 heteroatoms. The number of aromatic nitrogens is 2. The van der Waals surface area contributed by atoms with Crippen molar-refractivity contribution in [2.45, 2.75) is 17.3 Å². The first-order valence-corrected chi connectivity index (χ1v) is 7.04. The summed E-state index contributed by atoms with van der Waals surface area (Å²) in [6, 6.07) is -1.01. The molecule has 0 bridgehead atoms. The fourth-order valence-corrected chi connectivity index (χ4v) is 3.10. The van der Waals surface area contributed by atoms with E-state index in [4.69, 9.17) is 10.2 Å². The highest BCUT2D eigenvalue weighted by Crippen LogP contribution is 2.19. The predicted molar refractivity (Wildman–Crippen MR) is 62.5 cm³/mol. The summed E-state index contributed by atoms with van der Waals surface area (Å²) in [4.78, 5) is 10.7. The first kappa shape index (κ1) is 14.9. The van der Waals surface area contributed by atoms with Crippen molar-refractivity contribution in [2.75, 3.05) is 18.5 Å². The maximum absolute atomic E-state index is 11.7. The Hall–Kier alpha value is -1.14. The summed E-state index contributed by atoms with van der Waals surface area (Å²) in [5.41, 5.74) is 0. The van der Waals surface area contributed by atoms with Crippen molar-refractivity contribution in [3.63, 3.8) is 0 Å². The predicted octanol–water partition coefficient (Wildman–Crippen LogP) is -1.87. The molecule has 0 aliphatic rings. The van der Waals surface area contributed by atoms with Gasteiger partial charge in [-0.15, -0.1) is 10.2 Å². The molecule has 1 rings (SSSR count). The highest BCUT2D eigenvalue weighted by molar-refractivity contribution is 7.91. The van der Waals surface area contributed by atoms with Crippen LogP contribution in [-0.4, -0.2) is 54.0 Å². The summed E-state index contributed by atoms with van der Waals surface area (Å²) < 4.78 is 25.1. The molecule has 9 nitrogen and oxygen atoms in total. The lowest BCUT2D eigenvalue weighted by Gasteiger charge is -2.11. The molecular weight excluding hydrogens is 284 g/mol. The Labute approximate surface area is 107 Å². The van der Waals surface area contributed by atoms with Crippen LogP contribution in [0.5, 0.6) is 0 Å². The average molecular weight is 296 g/mol. The van der Waals surface area contributed by atoms with E-state index in [1.807, 2.05) is 4.72 Å². The van der Waals surface area contributed by atoms with Crippen molar-refractivity contribution in [3.8, 4) is 0 Å². The second-order valence-corrected chi connectivity index (χ2v) is 6.10. The van der Waals surface area contributed by atoms with Gasteiger partial charge in [-0.2, -0.15) is 0 Å². The second-order valence-electron chi connectivity index (χ2n) is 3.24. The monoisotopic (exact) mass is 296 g/mol. The van der Waals surface area contributed by atoms with Gasteiger partial charge in [0.25, 0.3) is 10.0 Å². The molecule has 0 unspecified atom stereocenters. The van der Waals surface area contributed by atoms with Crippen LogP contribution in [0.3, 0.4) is 0 Å². The summed E-state index contributed by atoms with van der Waals surface area (Å²) in [6.45, 7) is 0.154. The highest BCUT2D eigenvalue weighted by atomic mass is 32.2. The van der Waals surface area contributed by atoms with Crippen molar-refractivity contribution in [1.82, 2.24) is 14.9 Å². The molecule has 4 N–H and O–H groups in total. The number of aliphatic hydroxyl groups is 2. The van der Waals surface area contributed by atoms with Crippen LogP contribution >= 0.6 is 11.3 Å². The fourth-order valence-electron chi connectivity index (χ4n) is 0.922. The van der Waals surface area contributed by atoms with Gasteiger partial charge in [0.05, 0.1) is 19.3 Å². The summed E-state index contributed by atoms with van der Waals surface area (Å²) in [5.74, 6) is -0.397. The highest BCUT2D eigenvalue weighted by Gasteiger charge is 2.23. The Balaban J connectivity index is 2.85. The van der Waals surface area contributed by atoms with Gasteiger partial charge in [-0.1, -0.05) is 11.3 Å². The minimum atomic E-state index is -3.98. The minimum Gasteiger partial charge on any atom is -0.395 e. The third-order valence-corrected chi connectivity index (χ3v) is 4.41. The normalized spacial score (nSPS) is 11.8. The van der Waals surface area contributed by atoms with Crippen LogP contribution in [0.2, 0.25) is 0 Å². The summed E-state index contributed by atoms with van der Waals surface area (Å²) in [7, 11) is -3.98. The number of sulfonamides is 1. The van der Waals surface area contributed by atoms with Gasteiger partial charge in [-0.3, -0.25) is 4.79 Å². The number of hydrogen-bond donors (Lipinski definition) is 4. The quantitative estimate of drug-likeness (QED) is 0.450. The van der Waals surface area contributed by atoms with E-state index in [0.717, 1.165) is 0 Å². The van der Waals surface area contributed by atoms with Gasteiger partial charge in [-0.25, -0.2) is 13.1 Å². The summed E-state index contributed by atoms with van der Waals surface area (Å²) in [6.07, 6.45) is 0. The molecule has 0 saturated carbocycles. The molecule has 18 heavy (non-hydrogen) atoms. The van der Waals surface area contributed by atoms with Crippen LogP contribution in [0, 0.1) is 0 Å². The molecule has 0 atom stereocenters. The van der Waals surface area contributed by atoms with E-state index in [2.05, 4.69) is 15.5 Å². The van der Waals surface area contributed by atoms with E-state index in [0.29, 0.717) is 11.3 Å². The maximum atomic E-state index is 11.7. The van der Waals surface area contributed by atoms with Crippen LogP contribution in [0.25, 0.3) is 0 Å². The van der Waals surface area contributed by atoms with Crippen LogP contribution in [-0.2, 0) is 14.8 Å². The van der Waals surface area contributed by atoms with Gasteiger partial charge in [0, 0.05) is 6.92 Å². The number of amides is 1. The zero-order valence-corrected chi connectivity index (χ0v) is 11.0. The number of anilines is 1. The lowest BCUT2D eigenvalue weighted by Crippen LogP contribution is -2.39. The van der Waals surface area contributed by atoms with E-state index in [-0.39, 0.29) is 9.47 Å². The molecule has 0 saturated heterocycles. The van der Waals surface area contributed by atoms with Crippen molar-refractivity contribution in [1.29, 1.82) is 0 Å². The van der Waals surface area contributed by atoms with Gasteiger partial charge in [0.1, 0.15) is 0 Å². The standard InChI is InChI=1S/C7H12N4O5S2/c1-4(14)8-6-9-10-7(17-6)18(15,16)11-5(2-12)3-13/h5,11-13H,2-3H2,1H3,(H,8,9,14). The van der Waals surface area contributed by atoms with Crippen LogP contribution in [0.1, 0.15) is 6.92 Å². The largest absolute Gasteiger partial charge is 0.395 e. The van der Waals surface area contributed by atoms with Gasteiger partial charge in [0.2, 0.25) is 15.4 Å². The van der Waals surface area contributed by atoms with Crippen LogP contribution < -0.4 is 10.0 Å². The average Bonchev–Trinajstić information content (AvgIpc) is 2.74. The smallest absolute Gasteiger partial charge is 0.270 e. The lowest BCUT2D eigenvalue weighted by molar-refractivity contribution is -0.114. The molecule has 0 aromatic carbocycles. The third-order valence-electron chi connectivity index (χ3n) is 1.68. The minimum absolute atomic E-state index is 0.0485. The van der Waals surface area contributed by atoms with E-state index in [9.17, 15) is 13.2 Å². The second kappa shape index (κ2) is 6.15. The Bertz CT molecular complexity index is 510. The molecule has 1 amide bonds. The molecule has 0 aliphatic heterocycles. The van der Waals surface area contributed by atoms with E-state index in [1.54, 1.807) is 0 Å². The molecule has 0 fully saturated rings. The van der Waals surface area contributed by atoms with E-state index >= 15 is 0 Å². The lowest BCUT2D eigenvalue weighted by atomic mass is 10.4. The molecule has 0 aliphatic carbocycles. The first-order valence-electron chi connectivity index (χ1n) is 4.74. The molecule has 1 aromatic rings. The van der Waals surface area contributed by atoms with Gasteiger partial charge in [0.15, 0.2) is 0 Å². The number of carbonyl (C=O) groups is 1. The third kappa shape index (κ3) is 3.96. The molecule has 102 valence electrons. The van der Waals surface area contributed by atoms with Gasteiger partial charge >= 0.3 is 0 Å². The summed E-state index contributed by atoms with van der Waals surface area (Å²) in [5, 5.41) is 26.8. The topological polar surface area (TPSA) is 142 Å². The van der Waals surface area contributed by atoms with Crippen LogP contribution in [0.4, 0.5) is 5.13 Å². The van der Waals surface area contributed by atoms with Crippen molar-refractivity contribution >= 4 is 32.4 Å². The van der Waals surface area contributed by atoms with Crippen molar-refractivity contribution in [2.24, 2.45) is 0 Å². The maximum Gasteiger partial charge on any atom is 0.270 e. The summed E-state index contributed by atoms with van der Waals surface area (Å²) >= 11 is 0.663. The molecule has 0 radical (unpaired) electrons. The van der Waals surface area contributed by atoms with Crippen molar-refractivity contribution < 1.29 is 23.4 Å². The number of hydrogen-bond acceptors (Lipinski definition) is 8. The van der Waals surface area contributed by atoms with Crippen LogP contribution in [0.15, 0.2) is 4.34 Å².